The summed E-state index contributed by atoms with van der Waals surface area (Å²) < 4.78 is 3.32. The van der Waals surface area contributed by atoms with E-state index in [1.54, 1.807) is 0 Å². The molecule has 2 bridgehead atoms. The van der Waals surface area contributed by atoms with E-state index in [4.69, 9.17) is 44.6 Å². The minimum Gasteiger partial charge on any atom is -0.481 e. The van der Waals surface area contributed by atoms with Gasteiger partial charge in [-0.25, -0.2) is 0 Å². The van der Waals surface area contributed by atoms with Gasteiger partial charge in [-0.2, -0.15) is 0 Å². The van der Waals surface area contributed by atoms with Crippen LogP contribution < -0.4 is 0 Å². The van der Waals surface area contributed by atoms with E-state index in [2.05, 4.69) is 0 Å². The number of carbonyl (C=O) groups excluding carboxylic acids is 1. The number of alkyl halides is 3. The number of hydrogen-bond acceptors (Lipinski definition) is 3. The van der Waals surface area contributed by atoms with Gasteiger partial charge in [-0.3, -0.25) is 9.59 Å². The molecule has 0 aliphatic carbocycles. The van der Waals surface area contributed by atoms with E-state index in [-0.39, 0.29) is 0 Å². The number of carboxylic acid groups (broad SMARTS) is 1. The lowest BCUT2D eigenvalue weighted by atomic mass is 9.77. The van der Waals surface area contributed by atoms with Crippen LogP contribution >= 0.6 is 34.8 Å². The van der Waals surface area contributed by atoms with Gasteiger partial charge in [0.25, 0.3) is 0 Å². The quantitative estimate of drug-likeness (QED) is 0.787. The molecule has 0 aromatic heterocycles. The number of halogens is 3. The van der Waals surface area contributed by atoms with Crippen LogP contribution in [-0.2, 0) is 14.3 Å². The highest BCUT2D eigenvalue weighted by molar-refractivity contribution is 6.76. The molecule has 7 heteroatoms. The Morgan fingerprint density at radius 1 is 1.12 bits per heavy atom. The van der Waals surface area contributed by atoms with Crippen LogP contribution in [0.2, 0.25) is 0 Å². The van der Waals surface area contributed by atoms with Gasteiger partial charge in [0.15, 0.2) is 5.78 Å². The Balaban J connectivity index is 2.26. The standard InChI is InChI=1S/C9H9Cl3O4/c10-9(11,12)7(13)5-3-1-2-4(16-3)6(5)8(14)15/h3-6H,1-2H2,(H,14,15). The lowest BCUT2D eigenvalue weighted by Gasteiger charge is -2.25. The van der Waals surface area contributed by atoms with E-state index in [1.807, 2.05) is 0 Å². The number of Topliss-reactive ketones (excluding diaryl/α,β-unsaturated/α-hetero) is 1. The molecule has 4 atom stereocenters. The Morgan fingerprint density at radius 3 is 2.06 bits per heavy atom. The second-order valence-electron chi connectivity index (χ2n) is 4.04. The van der Waals surface area contributed by atoms with Crippen molar-refractivity contribution in [3.05, 3.63) is 0 Å². The van der Waals surface area contributed by atoms with E-state index in [0.717, 1.165) is 0 Å². The number of ether oxygens (including phenoxy) is 1. The third-order valence-corrected chi connectivity index (χ3v) is 3.70. The molecule has 1 N–H and O–H groups in total. The zero-order valence-electron chi connectivity index (χ0n) is 8.03. The fourth-order valence-corrected chi connectivity index (χ4v) is 2.89. The molecule has 0 spiro atoms. The van der Waals surface area contributed by atoms with Gasteiger partial charge >= 0.3 is 5.97 Å². The predicted molar refractivity (Wildman–Crippen MR) is 57.8 cm³/mol. The molecule has 0 aromatic rings. The Morgan fingerprint density at radius 2 is 1.62 bits per heavy atom. The zero-order valence-corrected chi connectivity index (χ0v) is 10.3. The van der Waals surface area contributed by atoms with Crippen molar-refractivity contribution < 1.29 is 19.4 Å². The van der Waals surface area contributed by atoms with E-state index < -0.39 is 39.6 Å². The summed E-state index contributed by atoms with van der Waals surface area (Å²) in [4.78, 5) is 22.9. The van der Waals surface area contributed by atoms with Crippen molar-refractivity contribution in [2.75, 3.05) is 0 Å². The lowest BCUT2D eigenvalue weighted by molar-refractivity contribution is -0.147. The Bertz CT molecular complexity index is 338. The smallest absolute Gasteiger partial charge is 0.309 e. The molecule has 0 aromatic carbocycles. The Labute approximate surface area is 107 Å². The minimum absolute atomic E-state index is 0.422. The summed E-state index contributed by atoms with van der Waals surface area (Å²) in [6.45, 7) is 0. The monoisotopic (exact) mass is 286 g/mol. The molecule has 2 rings (SSSR count). The van der Waals surface area contributed by atoms with Crippen LogP contribution in [0.4, 0.5) is 0 Å². The highest BCUT2D eigenvalue weighted by Crippen LogP contribution is 2.47. The second kappa shape index (κ2) is 4.02. The summed E-state index contributed by atoms with van der Waals surface area (Å²) in [6, 6.07) is 0. The number of carbonyl (C=O) groups is 2. The fourth-order valence-electron chi connectivity index (χ4n) is 2.51. The van der Waals surface area contributed by atoms with Crippen molar-refractivity contribution in [1.82, 2.24) is 0 Å². The van der Waals surface area contributed by atoms with Crippen molar-refractivity contribution >= 4 is 46.6 Å². The van der Waals surface area contributed by atoms with E-state index in [0.29, 0.717) is 12.8 Å². The third kappa shape index (κ3) is 1.92. The normalized spacial score (nSPS) is 37.7. The molecule has 2 aliphatic rings. The first-order chi connectivity index (χ1) is 7.32. The molecule has 4 unspecified atom stereocenters. The van der Waals surface area contributed by atoms with Crippen LogP contribution in [0.1, 0.15) is 12.8 Å². The van der Waals surface area contributed by atoms with Crippen LogP contribution in [0.5, 0.6) is 0 Å². The van der Waals surface area contributed by atoms with Gasteiger partial charge in [0.1, 0.15) is 0 Å². The van der Waals surface area contributed by atoms with Crippen molar-refractivity contribution in [2.45, 2.75) is 28.8 Å². The average molecular weight is 288 g/mol. The summed E-state index contributed by atoms with van der Waals surface area (Å²) in [5.74, 6) is -3.48. The van der Waals surface area contributed by atoms with E-state index in [1.165, 1.54) is 0 Å². The maximum Gasteiger partial charge on any atom is 0.309 e. The molecule has 2 aliphatic heterocycles. The van der Waals surface area contributed by atoms with Crippen LogP contribution in [0, 0.1) is 11.8 Å². The fraction of sp³-hybridized carbons (Fsp3) is 0.778. The van der Waals surface area contributed by atoms with E-state index >= 15 is 0 Å². The van der Waals surface area contributed by atoms with Gasteiger partial charge in [0.2, 0.25) is 3.79 Å². The number of fused-ring (bicyclic) bond motifs is 2. The first-order valence-corrected chi connectivity index (χ1v) is 5.95. The number of rotatable bonds is 2. The minimum atomic E-state index is -2.08. The largest absolute Gasteiger partial charge is 0.481 e. The number of hydrogen-bond donors (Lipinski definition) is 1. The van der Waals surface area contributed by atoms with Gasteiger partial charge in [-0.1, -0.05) is 34.8 Å². The van der Waals surface area contributed by atoms with Gasteiger partial charge in [-0.05, 0) is 12.8 Å². The molecule has 2 fully saturated rings. The zero-order chi connectivity index (χ0) is 12.1. The van der Waals surface area contributed by atoms with Crippen molar-refractivity contribution in [3.8, 4) is 0 Å². The second-order valence-corrected chi connectivity index (χ2v) is 6.32. The van der Waals surface area contributed by atoms with Crippen LogP contribution in [0.3, 0.4) is 0 Å². The van der Waals surface area contributed by atoms with Crippen LogP contribution in [0.15, 0.2) is 0 Å². The number of aliphatic carboxylic acids is 1. The molecule has 0 saturated carbocycles. The summed E-state index contributed by atoms with van der Waals surface area (Å²) >= 11 is 16.5. The summed E-state index contributed by atoms with van der Waals surface area (Å²) in [7, 11) is 0. The average Bonchev–Trinajstić information content (AvgIpc) is 2.72. The Kier molecular flexibility index (Phi) is 3.12. The van der Waals surface area contributed by atoms with Crippen molar-refractivity contribution in [3.63, 3.8) is 0 Å². The predicted octanol–water partition coefficient (Wildman–Crippen LogP) is 1.80. The van der Waals surface area contributed by atoms with Crippen LogP contribution in [-0.4, -0.2) is 32.9 Å². The molecule has 16 heavy (non-hydrogen) atoms. The number of carboxylic acids is 1. The molecule has 2 heterocycles. The van der Waals surface area contributed by atoms with Gasteiger partial charge in [-0.15, -0.1) is 0 Å². The van der Waals surface area contributed by atoms with Crippen molar-refractivity contribution in [1.29, 1.82) is 0 Å². The molecule has 90 valence electrons. The van der Waals surface area contributed by atoms with Gasteiger partial charge < -0.3 is 9.84 Å². The molecular weight excluding hydrogens is 278 g/mol. The molecule has 0 amide bonds. The molecule has 2 saturated heterocycles. The lowest BCUT2D eigenvalue weighted by Crippen LogP contribution is -2.42. The molecule has 0 radical (unpaired) electrons. The molecular formula is C9H9Cl3O4. The van der Waals surface area contributed by atoms with Gasteiger partial charge in [0.05, 0.1) is 24.0 Å². The van der Waals surface area contributed by atoms with Gasteiger partial charge in [0, 0.05) is 0 Å². The first-order valence-electron chi connectivity index (χ1n) is 4.81. The Hall–Kier alpha value is -0.0300. The van der Waals surface area contributed by atoms with Crippen molar-refractivity contribution in [2.24, 2.45) is 11.8 Å². The van der Waals surface area contributed by atoms with E-state index in [9.17, 15) is 9.59 Å². The topological polar surface area (TPSA) is 63.6 Å². The maximum absolute atomic E-state index is 11.8. The first kappa shape index (κ1) is 12.4. The third-order valence-electron chi connectivity index (χ3n) is 3.14. The van der Waals surface area contributed by atoms with Crippen LogP contribution in [0.25, 0.3) is 0 Å². The SMILES string of the molecule is O=C(O)C1C2CCC(O2)C1C(=O)C(Cl)(Cl)Cl. The highest BCUT2D eigenvalue weighted by Gasteiger charge is 2.58. The molecule has 4 nitrogen and oxygen atoms in total. The summed E-state index contributed by atoms with van der Waals surface area (Å²) in [6.07, 6.45) is 0.440. The summed E-state index contributed by atoms with van der Waals surface area (Å²) in [5, 5.41) is 9.06. The number of ketones is 1. The maximum atomic E-state index is 11.8. The highest BCUT2D eigenvalue weighted by atomic mass is 35.6. The summed E-state index contributed by atoms with van der Waals surface area (Å²) in [5.41, 5.74) is 0.